The molecule has 0 saturated carbocycles. The van der Waals surface area contributed by atoms with Crippen LogP contribution in [0.25, 0.3) is 0 Å². The van der Waals surface area contributed by atoms with Crippen LogP contribution in [0.5, 0.6) is 0 Å². The van der Waals surface area contributed by atoms with Gasteiger partial charge in [-0.3, -0.25) is 9.59 Å². The number of allylic oxidation sites excluding steroid dienone is 2. The molecule has 2 aromatic rings. The lowest BCUT2D eigenvalue weighted by molar-refractivity contribution is -0.361. The summed E-state index contributed by atoms with van der Waals surface area (Å²) < 4.78 is 154. The van der Waals surface area contributed by atoms with Gasteiger partial charge in [0.1, 0.15) is 5.54 Å². The van der Waals surface area contributed by atoms with E-state index in [0.717, 1.165) is 24.5 Å². The third-order valence-electron chi connectivity index (χ3n) is 6.23. The predicted molar refractivity (Wildman–Crippen MR) is 133 cm³/mol. The number of amides is 2. The molecule has 0 aromatic heterocycles. The Hall–Kier alpha value is -3.18. The average Bonchev–Trinajstić information content (AvgIpc) is 2.87. The monoisotopic (exact) mass is 712 g/mol. The minimum atomic E-state index is -7.06. The second kappa shape index (κ2) is 10.9. The van der Waals surface area contributed by atoms with Crippen molar-refractivity contribution in [1.82, 2.24) is 5.32 Å². The first-order valence-corrected chi connectivity index (χ1v) is 12.3. The van der Waals surface area contributed by atoms with Gasteiger partial charge >= 0.3 is 24.2 Å². The number of nitrogens with zero attached hydrogens (tertiary/aromatic N) is 1. The molecule has 222 valence electrons. The van der Waals surface area contributed by atoms with Crippen LogP contribution < -0.4 is 10.2 Å². The van der Waals surface area contributed by atoms with Crippen LogP contribution in [-0.4, -0.2) is 52.5 Å². The lowest BCUT2D eigenvalue weighted by Gasteiger charge is -2.50. The number of benzene rings is 2. The first-order chi connectivity index (χ1) is 18.7. The van der Waals surface area contributed by atoms with E-state index in [1.54, 1.807) is 6.07 Å². The molecule has 1 N–H and O–H groups in total. The molecule has 0 radical (unpaired) electrons. The number of carbonyl (C=O) groups is 2. The summed E-state index contributed by atoms with van der Waals surface area (Å²) in [6, 6.07) is 9.43. The van der Waals surface area contributed by atoms with Gasteiger partial charge in [0.05, 0.1) is 20.7 Å². The minimum Gasteiger partial charge on any atom is -0.337 e. The SMILES string of the molecule is CN(C(=O)c1ccccc1)c1cccc(C(=O)NC2(C(F)(C(F)(F)F)C(F)(F)F)C(C(F)(F)F)=CC=CC2I)c1F. The van der Waals surface area contributed by atoms with Crippen molar-refractivity contribution in [1.29, 1.82) is 0 Å². The van der Waals surface area contributed by atoms with Crippen LogP contribution in [-0.2, 0) is 0 Å². The van der Waals surface area contributed by atoms with Crippen molar-refractivity contribution in [3.05, 3.63) is 89.3 Å². The van der Waals surface area contributed by atoms with Crippen LogP contribution in [0, 0.1) is 5.82 Å². The quantitative estimate of drug-likeness (QED) is 0.202. The van der Waals surface area contributed by atoms with E-state index in [4.69, 9.17) is 0 Å². The van der Waals surface area contributed by atoms with E-state index in [9.17, 15) is 49.1 Å². The molecule has 0 spiro atoms. The molecular formula is C25H16F11IN2O2. The van der Waals surface area contributed by atoms with Gasteiger partial charge in [0.15, 0.2) is 5.82 Å². The van der Waals surface area contributed by atoms with Crippen molar-refractivity contribution in [2.24, 2.45) is 0 Å². The average molecular weight is 712 g/mol. The highest BCUT2D eigenvalue weighted by molar-refractivity contribution is 14.1. The van der Waals surface area contributed by atoms with Gasteiger partial charge in [-0.2, -0.15) is 39.5 Å². The molecular weight excluding hydrogens is 696 g/mol. The molecule has 1 aliphatic rings. The van der Waals surface area contributed by atoms with Crippen molar-refractivity contribution in [2.75, 3.05) is 11.9 Å². The fourth-order valence-electron chi connectivity index (χ4n) is 4.28. The van der Waals surface area contributed by atoms with Crippen LogP contribution in [0.1, 0.15) is 20.7 Å². The Bertz CT molecular complexity index is 1370. The van der Waals surface area contributed by atoms with Gasteiger partial charge < -0.3 is 10.2 Å². The van der Waals surface area contributed by atoms with Crippen LogP contribution in [0.15, 0.2) is 72.3 Å². The number of anilines is 1. The van der Waals surface area contributed by atoms with E-state index in [2.05, 4.69) is 0 Å². The van der Waals surface area contributed by atoms with E-state index in [0.29, 0.717) is 45.7 Å². The van der Waals surface area contributed by atoms with E-state index in [1.165, 1.54) is 24.3 Å². The van der Waals surface area contributed by atoms with Gasteiger partial charge in [-0.15, -0.1) is 0 Å². The molecule has 2 amide bonds. The largest absolute Gasteiger partial charge is 0.434 e. The maximum Gasteiger partial charge on any atom is 0.434 e. The molecule has 2 atom stereocenters. The molecule has 16 heteroatoms. The summed E-state index contributed by atoms with van der Waals surface area (Å²) in [7, 11) is 1.02. The fourth-order valence-corrected chi connectivity index (χ4v) is 5.44. The Kier molecular flexibility index (Phi) is 8.60. The molecule has 2 unspecified atom stereocenters. The molecule has 0 heterocycles. The van der Waals surface area contributed by atoms with Crippen molar-refractivity contribution in [2.45, 2.75) is 33.7 Å². The summed E-state index contributed by atoms with van der Waals surface area (Å²) in [5, 5.41) is 0.932. The van der Waals surface area contributed by atoms with E-state index in [-0.39, 0.29) is 11.6 Å². The molecule has 0 fully saturated rings. The van der Waals surface area contributed by atoms with Crippen molar-refractivity contribution in [3.8, 4) is 0 Å². The van der Waals surface area contributed by atoms with Gasteiger partial charge in [0.25, 0.3) is 11.8 Å². The summed E-state index contributed by atoms with van der Waals surface area (Å²) in [5.74, 6) is -4.79. The Morgan fingerprint density at radius 1 is 0.878 bits per heavy atom. The number of alkyl halides is 11. The maximum atomic E-state index is 15.7. The zero-order valence-electron chi connectivity index (χ0n) is 20.2. The normalized spacial score (nSPS) is 19.9. The number of rotatable bonds is 5. The van der Waals surface area contributed by atoms with Crippen LogP contribution in [0.2, 0.25) is 0 Å². The number of hydrogen-bond donors (Lipinski definition) is 1. The Morgan fingerprint density at radius 2 is 1.44 bits per heavy atom. The molecule has 3 rings (SSSR count). The number of carbonyl (C=O) groups excluding carboxylic acids is 2. The fraction of sp³-hybridized carbons (Fsp3) is 0.280. The van der Waals surface area contributed by atoms with Gasteiger partial charge in [-0.1, -0.05) is 65.1 Å². The lowest BCUT2D eigenvalue weighted by atomic mass is 9.69. The molecule has 1 aliphatic carbocycles. The maximum absolute atomic E-state index is 15.7. The van der Waals surface area contributed by atoms with Crippen LogP contribution in [0.4, 0.5) is 54.0 Å². The standard InChI is InChI=1S/C25H16F11IN2O2/c1-39(20(41)13-7-3-2-4-8-13)15-10-5-9-14(18(15)26)19(40)38-21(23(30,24(31,32)33)25(34,35)36)16(22(27,28)29)11-6-12-17(21)37/h2-12,17H,1H3,(H,38,40). The second-order valence-corrected chi connectivity index (χ2v) is 9.99. The number of hydrogen-bond acceptors (Lipinski definition) is 2. The van der Waals surface area contributed by atoms with Crippen molar-refractivity contribution >= 4 is 40.1 Å². The lowest BCUT2D eigenvalue weighted by Crippen LogP contribution is -2.79. The summed E-state index contributed by atoms with van der Waals surface area (Å²) in [5.41, 5.74) is -16.4. The van der Waals surface area contributed by atoms with Crippen LogP contribution in [0.3, 0.4) is 0 Å². The van der Waals surface area contributed by atoms with Crippen LogP contribution >= 0.6 is 22.6 Å². The summed E-state index contributed by atoms with van der Waals surface area (Å²) in [6.45, 7) is 0. The molecule has 41 heavy (non-hydrogen) atoms. The second-order valence-electron chi connectivity index (χ2n) is 8.65. The highest BCUT2D eigenvalue weighted by Crippen LogP contribution is 2.60. The third kappa shape index (κ3) is 5.41. The molecule has 0 bridgehead atoms. The Labute approximate surface area is 238 Å². The third-order valence-corrected chi connectivity index (χ3v) is 7.58. The highest BCUT2D eigenvalue weighted by atomic mass is 127. The van der Waals surface area contributed by atoms with Crippen molar-refractivity contribution in [3.63, 3.8) is 0 Å². The van der Waals surface area contributed by atoms with Crippen molar-refractivity contribution < 1.29 is 57.9 Å². The van der Waals surface area contributed by atoms with Gasteiger partial charge in [0, 0.05) is 12.6 Å². The van der Waals surface area contributed by atoms with Gasteiger partial charge in [0.2, 0.25) is 0 Å². The Balaban J connectivity index is 2.23. The predicted octanol–water partition coefficient (Wildman–Crippen LogP) is 7.27. The topological polar surface area (TPSA) is 49.4 Å². The highest BCUT2D eigenvalue weighted by Gasteiger charge is 2.85. The molecule has 2 aromatic carbocycles. The first kappa shape index (κ1) is 32.3. The molecule has 0 saturated heterocycles. The van der Waals surface area contributed by atoms with E-state index < -0.39 is 68.1 Å². The first-order valence-electron chi connectivity index (χ1n) is 11.1. The smallest absolute Gasteiger partial charge is 0.337 e. The minimum absolute atomic E-state index is 0.0162. The van der Waals surface area contributed by atoms with Gasteiger partial charge in [-0.05, 0) is 24.3 Å². The molecule has 4 nitrogen and oxygen atoms in total. The zero-order chi connectivity index (χ0) is 31.2. The van der Waals surface area contributed by atoms with Gasteiger partial charge in [-0.25, -0.2) is 8.78 Å². The number of nitrogens with one attached hydrogen (secondary N) is 1. The summed E-state index contributed by atoms with van der Waals surface area (Å²) in [6.07, 6.45) is -19.5. The van der Waals surface area contributed by atoms with E-state index in [1.807, 2.05) is 0 Å². The Morgan fingerprint density at radius 3 is 1.95 bits per heavy atom. The molecule has 0 aliphatic heterocycles. The number of halogens is 12. The summed E-state index contributed by atoms with van der Waals surface area (Å²) >= 11 is 0.697. The summed E-state index contributed by atoms with van der Waals surface area (Å²) in [4.78, 5) is 26.5. The zero-order valence-corrected chi connectivity index (χ0v) is 22.4. The van der Waals surface area contributed by atoms with E-state index >= 15 is 8.78 Å².